The van der Waals surface area contributed by atoms with Crippen LogP contribution in [0.4, 0.5) is 10.8 Å². The molecule has 1 heterocycles. The molecule has 0 atom stereocenters. The topological polar surface area (TPSA) is 55.0 Å². The Morgan fingerprint density at radius 3 is 2.53 bits per heavy atom. The summed E-state index contributed by atoms with van der Waals surface area (Å²) in [7, 11) is 3.93. The smallest absolute Gasteiger partial charge is 0.208 e. The van der Waals surface area contributed by atoms with E-state index in [1.54, 1.807) is 23.1 Å². The van der Waals surface area contributed by atoms with Crippen LogP contribution >= 0.6 is 23.1 Å². The molecule has 1 aromatic carbocycles. The first-order valence-corrected chi connectivity index (χ1v) is 6.93. The second-order valence-electron chi connectivity index (χ2n) is 3.78. The summed E-state index contributed by atoms with van der Waals surface area (Å²) in [5.41, 5.74) is 7.68. The zero-order valence-electron chi connectivity index (χ0n) is 9.75. The van der Waals surface area contributed by atoms with Crippen LogP contribution in [0.3, 0.4) is 0 Å². The van der Waals surface area contributed by atoms with Crippen molar-refractivity contribution in [2.45, 2.75) is 10.1 Å². The fourth-order valence-electron chi connectivity index (χ4n) is 1.20. The van der Waals surface area contributed by atoms with E-state index < -0.39 is 0 Å². The van der Waals surface area contributed by atoms with Crippen molar-refractivity contribution < 1.29 is 0 Å². The minimum atomic E-state index is 0.796. The number of aromatic nitrogens is 2. The normalized spacial score (nSPS) is 10.5. The molecule has 0 radical (unpaired) electrons. The van der Waals surface area contributed by atoms with Crippen LogP contribution < -0.4 is 10.6 Å². The molecule has 2 aromatic rings. The number of nitrogens with zero attached hydrogens (tertiary/aromatic N) is 3. The molecule has 2 N–H and O–H groups in total. The third-order valence-electron chi connectivity index (χ3n) is 2.12. The standard InChI is InChI=1S/C11H14N4S2/c1-15(2)10-13-14-11(17-10)16-7-8-3-5-9(12)6-4-8/h3-6H,7,12H2,1-2H3. The molecule has 6 heteroatoms. The summed E-state index contributed by atoms with van der Waals surface area (Å²) in [6, 6.07) is 7.91. The van der Waals surface area contributed by atoms with Gasteiger partial charge in [-0.3, -0.25) is 0 Å². The number of nitrogens with two attached hydrogens (primary N) is 1. The van der Waals surface area contributed by atoms with Crippen molar-refractivity contribution in [1.29, 1.82) is 0 Å². The number of nitrogen functional groups attached to an aromatic ring is 1. The minimum absolute atomic E-state index is 0.796. The van der Waals surface area contributed by atoms with Gasteiger partial charge in [0.15, 0.2) is 4.34 Å². The highest BCUT2D eigenvalue weighted by Crippen LogP contribution is 2.29. The van der Waals surface area contributed by atoms with Gasteiger partial charge in [-0.15, -0.1) is 10.2 Å². The van der Waals surface area contributed by atoms with Gasteiger partial charge >= 0.3 is 0 Å². The number of hydrogen-bond donors (Lipinski definition) is 1. The number of benzene rings is 1. The highest BCUT2D eigenvalue weighted by Gasteiger charge is 2.06. The van der Waals surface area contributed by atoms with Crippen molar-refractivity contribution in [2.24, 2.45) is 0 Å². The maximum atomic E-state index is 5.64. The van der Waals surface area contributed by atoms with E-state index >= 15 is 0 Å². The van der Waals surface area contributed by atoms with Crippen LogP contribution in [-0.4, -0.2) is 24.3 Å². The highest BCUT2D eigenvalue weighted by atomic mass is 32.2. The summed E-state index contributed by atoms with van der Waals surface area (Å²) in [4.78, 5) is 1.96. The number of rotatable bonds is 4. The van der Waals surface area contributed by atoms with Gasteiger partial charge in [0.25, 0.3) is 0 Å². The Balaban J connectivity index is 1.95. The molecule has 0 aliphatic heterocycles. The fourth-order valence-corrected chi connectivity index (χ4v) is 2.92. The third-order valence-corrected chi connectivity index (χ3v) is 4.42. The lowest BCUT2D eigenvalue weighted by molar-refractivity contribution is 0.972. The summed E-state index contributed by atoms with van der Waals surface area (Å²) in [6.07, 6.45) is 0. The molecule has 0 aliphatic carbocycles. The molecule has 0 fully saturated rings. The van der Waals surface area contributed by atoms with Gasteiger partial charge in [-0.2, -0.15) is 0 Å². The average Bonchev–Trinajstić information content (AvgIpc) is 2.77. The van der Waals surface area contributed by atoms with Crippen LogP contribution in [0.25, 0.3) is 0 Å². The van der Waals surface area contributed by atoms with E-state index in [0.717, 1.165) is 20.9 Å². The van der Waals surface area contributed by atoms with Crippen molar-refractivity contribution in [1.82, 2.24) is 10.2 Å². The quantitative estimate of drug-likeness (QED) is 0.680. The lowest BCUT2D eigenvalue weighted by atomic mass is 10.2. The first-order chi connectivity index (χ1) is 8.15. The highest BCUT2D eigenvalue weighted by molar-refractivity contribution is 8.00. The molecule has 0 aliphatic rings. The monoisotopic (exact) mass is 266 g/mol. The van der Waals surface area contributed by atoms with E-state index in [9.17, 15) is 0 Å². The number of anilines is 2. The van der Waals surface area contributed by atoms with Gasteiger partial charge in [0.2, 0.25) is 5.13 Å². The molecular weight excluding hydrogens is 252 g/mol. The van der Waals surface area contributed by atoms with Gasteiger partial charge in [-0.25, -0.2) is 0 Å². The molecule has 2 rings (SSSR count). The van der Waals surface area contributed by atoms with Gasteiger partial charge in [-0.05, 0) is 17.7 Å². The minimum Gasteiger partial charge on any atom is -0.399 e. The molecule has 4 nitrogen and oxygen atoms in total. The molecule has 0 bridgehead atoms. The fraction of sp³-hybridized carbons (Fsp3) is 0.273. The Hall–Kier alpha value is -1.27. The van der Waals surface area contributed by atoms with Gasteiger partial charge in [0.1, 0.15) is 0 Å². The zero-order chi connectivity index (χ0) is 12.3. The van der Waals surface area contributed by atoms with E-state index in [-0.39, 0.29) is 0 Å². The first kappa shape index (κ1) is 12.2. The molecule has 0 saturated carbocycles. The van der Waals surface area contributed by atoms with E-state index in [4.69, 9.17) is 5.73 Å². The van der Waals surface area contributed by atoms with Gasteiger partial charge < -0.3 is 10.6 Å². The van der Waals surface area contributed by atoms with E-state index in [2.05, 4.69) is 10.2 Å². The zero-order valence-corrected chi connectivity index (χ0v) is 11.4. The Labute approximate surface area is 109 Å². The Kier molecular flexibility index (Phi) is 3.86. The molecule has 17 heavy (non-hydrogen) atoms. The third kappa shape index (κ3) is 3.34. The maximum Gasteiger partial charge on any atom is 0.208 e. The SMILES string of the molecule is CN(C)c1nnc(SCc2ccc(N)cc2)s1. The Morgan fingerprint density at radius 2 is 1.94 bits per heavy atom. The second kappa shape index (κ2) is 5.37. The summed E-state index contributed by atoms with van der Waals surface area (Å²) < 4.78 is 0.991. The van der Waals surface area contributed by atoms with E-state index in [0.29, 0.717) is 0 Å². The van der Waals surface area contributed by atoms with Gasteiger partial charge in [0, 0.05) is 25.5 Å². The van der Waals surface area contributed by atoms with Crippen LogP contribution in [0.1, 0.15) is 5.56 Å². The Bertz CT molecular complexity index is 478. The van der Waals surface area contributed by atoms with Crippen LogP contribution in [0.15, 0.2) is 28.6 Å². The molecule has 0 saturated heterocycles. The predicted octanol–water partition coefficient (Wildman–Crippen LogP) is 2.48. The van der Waals surface area contributed by atoms with Crippen molar-refractivity contribution in [3.8, 4) is 0 Å². The lowest BCUT2D eigenvalue weighted by Gasteiger charge is -2.03. The van der Waals surface area contributed by atoms with E-state index in [1.165, 1.54) is 5.56 Å². The molecular formula is C11H14N4S2. The van der Waals surface area contributed by atoms with Gasteiger partial charge in [0.05, 0.1) is 0 Å². The van der Waals surface area contributed by atoms with Crippen molar-refractivity contribution in [2.75, 3.05) is 24.7 Å². The summed E-state index contributed by atoms with van der Waals surface area (Å²) in [5, 5.41) is 9.17. The summed E-state index contributed by atoms with van der Waals surface area (Å²) >= 11 is 3.30. The number of hydrogen-bond acceptors (Lipinski definition) is 6. The molecule has 1 aromatic heterocycles. The first-order valence-electron chi connectivity index (χ1n) is 5.13. The molecule has 0 amide bonds. The Morgan fingerprint density at radius 1 is 1.24 bits per heavy atom. The number of thioether (sulfide) groups is 1. The van der Waals surface area contributed by atoms with Crippen LogP contribution in [0.5, 0.6) is 0 Å². The molecule has 90 valence electrons. The van der Waals surface area contributed by atoms with Crippen molar-refractivity contribution in [3.63, 3.8) is 0 Å². The summed E-state index contributed by atoms with van der Waals surface area (Å²) in [6.45, 7) is 0. The largest absolute Gasteiger partial charge is 0.399 e. The van der Waals surface area contributed by atoms with E-state index in [1.807, 2.05) is 43.3 Å². The van der Waals surface area contributed by atoms with Gasteiger partial charge in [-0.1, -0.05) is 35.2 Å². The lowest BCUT2D eigenvalue weighted by Crippen LogP contribution is -2.07. The second-order valence-corrected chi connectivity index (χ2v) is 5.95. The summed E-state index contributed by atoms with van der Waals surface area (Å²) in [5.74, 6) is 0.891. The van der Waals surface area contributed by atoms with Crippen LogP contribution in [0, 0.1) is 0 Å². The van der Waals surface area contributed by atoms with Crippen molar-refractivity contribution in [3.05, 3.63) is 29.8 Å². The molecule has 0 unspecified atom stereocenters. The van der Waals surface area contributed by atoms with Crippen LogP contribution in [0.2, 0.25) is 0 Å². The predicted molar refractivity (Wildman–Crippen MR) is 74.7 cm³/mol. The average molecular weight is 266 g/mol. The molecule has 0 spiro atoms. The van der Waals surface area contributed by atoms with Crippen molar-refractivity contribution >= 4 is 33.9 Å². The van der Waals surface area contributed by atoms with Crippen LogP contribution in [-0.2, 0) is 5.75 Å². The maximum absolute atomic E-state index is 5.64.